The standard InChI is InChI=1S/C33H36N8O/c1-21-7-12-26(13-8-21)41-29(18-30(37-41)33(3,4)5)32(42)35-24-11-9-22(2)28(17-24)40-20-27(36-38-40)23-10-16-31(34-19-23)39(6)25-14-15-25/h7-13,16-20,25H,14-15H2,1-6H3,(H,35,42). The van der Waals surface area contributed by atoms with Crippen LogP contribution in [0.3, 0.4) is 0 Å². The summed E-state index contributed by atoms with van der Waals surface area (Å²) >= 11 is 0. The zero-order chi connectivity index (χ0) is 29.6. The van der Waals surface area contributed by atoms with E-state index in [-0.39, 0.29) is 11.3 Å². The van der Waals surface area contributed by atoms with Gasteiger partial charge in [0.15, 0.2) is 0 Å². The minimum atomic E-state index is -0.241. The molecule has 9 nitrogen and oxygen atoms in total. The fraction of sp³-hybridized carbons (Fsp3) is 0.303. The van der Waals surface area contributed by atoms with Crippen LogP contribution in [0.2, 0.25) is 0 Å². The molecule has 0 radical (unpaired) electrons. The third-order valence-electron chi connectivity index (χ3n) is 7.70. The van der Waals surface area contributed by atoms with Gasteiger partial charge in [-0.15, -0.1) is 5.10 Å². The number of hydrogen-bond donors (Lipinski definition) is 1. The molecule has 3 aromatic heterocycles. The first-order valence-corrected chi connectivity index (χ1v) is 14.3. The summed E-state index contributed by atoms with van der Waals surface area (Å²) in [6.07, 6.45) is 6.18. The number of carbonyl (C=O) groups excluding carboxylic acids is 1. The van der Waals surface area contributed by atoms with Crippen LogP contribution in [-0.2, 0) is 5.41 Å². The number of aromatic nitrogens is 6. The van der Waals surface area contributed by atoms with Crippen molar-refractivity contribution in [3.63, 3.8) is 0 Å². The molecule has 0 unspecified atom stereocenters. The molecule has 6 rings (SSSR count). The number of nitrogens with zero attached hydrogens (tertiary/aromatic N) is 7. The van der Waals surface area contributed by atoms with Crippen LogP contribution >= 0.6 is 0 Å². The largest absolute Gasteiger partial charge is 0.357 e. The first-order valence-electron chi connectivity index (χ1n) is 14.3. The van der Waals surface area contributed by atoms with Gasteiger partial charge >= 0.3 is 0 Å². The highest BCUT2D eigenvalue weighted by molar-refractivity contribution is 6.03. The van der Waals surface area contributed by atoms with Crippen LogP contribution in [0.1, 0.15) is 60.9 Å². The van der Waals surface area contributed by atoms with Crippen LogP contribution in [0.4, 0.5) is 11.5 Å². The molecule has 5 aromatic rings. The van der Waals surface area contributed by atoms with Crippen molar-refractivity contribution < 1.29 is 4.79 Å². The molecule has 0 atom stereocenters. The molecule has 214 valence electrons. The van der Waals surface area contributed by atoms with E-state index >= 15 is 0 Å². The fourth-order valence-electron chi connectivity index (χ4n) is 4.83. The van der Waals surface area contributed by atoms with E-state index < -0.39 is 0 Å². The maximum atomic E-state index is 13.6. The molecule has 42 heavy (non-hydrogen) atoms. The average molecular weight is 561 g/mol. The van der Waals surface area contributed by atoms with Gasteiger partial charge in [-0.3, -0.25) is 4.79 Å². The molecule has 1 amide bonds. The van der Waals surface area contributed by atoms with E-state index in [0.717, 1.165) is 45.3 Å². The molecule has 0 spiro atoms. The minimum absolute atomic E-state index is 0.213. The molecular formula is C33H36N8O. The SMILES string of the molecule is Cc1ccc(-n2nc(C(C)(C)C)cc2C(=O)Nc2ccc(C)c(-n3cc(-c4ccc(N(C)C5CC5)nc4)nn3)c2)cc1. The Morgan fingerprint density at radius 1 is 1.00 bits per heavy atom. The van der Waals surface area contributed by atoms with Crippen molar-refractivity contribution in [3.05, 3.63) is 95.6 Å². The van der Waals surface area contributed by atoms with Gasteiger partial charge in [0.2, 0.25) is 0 Å². The van der Waals surface area contributed by atoms with Crippen LogP contribution in [0.5, 0.6) is 0 Å². The molecule has 9 heteroatoms. The normalized spacial score (nSPS) is 13.3. The summed E-state index contributed by atoms with van der Waals surface area (Å²) in [6, 6.07) is 20.3. The Bertz CT molecular complexity index is 1740. The van der Waals surface area contributed by atoms with Gasteiger partial charge in [0.1, 0.15) is 17.2 Å². The molecule has 1 saturated carbocycles. The molecule has 0 aliphatic heterocycles. The predicted octanol–water partition coefficient (Wildman–Crippen LogP) is 6.28. The summed E-state index contributed by atoms with van der Waals surface area (Å²) in [7, 11) is 2.09. The maximum absolute atomic E-state index is 13.6. The van der Waals surface area contributed by atoms with E-state index in [0.29, 0.717) is 17.4 Å². The van der Waals surface area contributed by atoms with Gasteiger partial charge in [0.05, 0.1) is 23.3 Å². The van der Waals surface area contributed by atoms with E-state index in [1.54, 1.807) is 9.36 Å². The van der Waals surface area contributed by atoms with Gasteiger partial charge in [0, 0.05) is 36.0 Å². The van der Waals surface area contributed by atoms with Crippen molar-refractivity contribution >= 4 is 17.4 Å². The van der Waals surface area contributed by atoms with Crippen molar-refractivity contribution in [1.82, 2.24) is 29.8 Å². The Labute approximate surface area is 246 Å². The van der Waals surface area contributed by atoms with E-state index in [2.05, 4.69) is 53.3 Å². The Kier molecular flexibility index (Phi) is 6.88. The second-order valence-corrected chi connectivity index (χ2v) is 12.2. The number of hydrogen-bond acceptors (Lipinski definition) is 6. The number of nitrogens with one attached hydrogen (secondary N) is 1. The van der Waals surface area contributed by atoms with Crippen molar-refractivity contribution in [2.45, 2.75) is 58.9 Å². The molecule has 1 aliphatic rings. The zero-order valence-electron chi connectivity index (χ0n) is 25.0. The Balaban J connectivity index is 1.25. The van der Waals surface area contributed by atoms with E-state index in [9.17, 15) is 4.79 Å². The summed E-state index contributed by atoms with van der Waals surface area (Å²) in [4.78, 5) is 20.5. The highest BCUT2D eigenvalue weighted by atomic mass is 16.2. The average Bonchev–Trinajstić information content (AvgIpc) is 3.51. The summed E-state index contributed by atoms with van der Waals surface area (Å²) in [5.41, 5.74) is 7.19. The summed E-state index contributed by atoms with van der Waals surface area (Å²) in [6.45, 7) is 10.3. The predicted molar refractivity (Wildman–Crippen MR) is 166 cm³/mol. The lowest BCUT2D eigenvalue weighted by molar-refractivity contribution is 0.101. The molecular weight excluding hydrogens is 524 g/mol. The maximum Gasteiger partial charge on any atom is 0.274 e. The second-order valence-electron chi connectivity index (χ2n) is 12.2. The lowest BCUT2D eigenvalue weighted by Crippen LogP contribution is -2.20. The van der Waals surface area contributed by atoms with Crippen LogP contribution in [0, 0.1) is 13.8 Å². The van der Waals surface area contributed by atoms with Gasteiger partial charge in [-0.05, 0) is 74.7 Å². The molecule has 1 N–H and O–H groups in total. The van der Waals surface area contributed by atoms with Gasteiger partial charge in [-0.2, -0.15) is 5.10 Å². The van der Waals surface area contributed by atoms with Crippen molar-refractivity contribution in [2.24, 2.45) is 0 Å². The molecule has 2 aromatic carbocycles. The fourth-order valence-corrected chi connectivity index (χ4v) is 4.83. The topological polar surface area (TPSA) is 93.8 Å². The number of aryl methyl sites for hydroxylation is 2. The van der Waals surface area contributed by atoms with E-state index in [4.69, 9.17) is 5.10 Å². The Hall–Kier alpha value is -4.79. The number of pyridine rings is 1. The first-order chi connectivity index (χ1) is 20.1. The number of rotatable bonds is 7. The third-order valence-corrected chi connectivity index (χ3v) is 7.70. The second kappa shape index (κ2) is 10.6. The van der Waals surface area contributed by atoms with Crippen LogP contribution in [-0.4, -0.2) is 48.8 Å². The molecule has 1 aliphatic carbocycles. The molecule has 3 heterocycles. The number of carbonyl (C=O) groups is 1. The molecule has 1 fully saturated rings. The van der Waals surface area contributed by atoms with E-state index in [1.807, 2.05) is 86.9 Å². The van der Waals surface area contributed by atoms with Gasteiger partial charge in [0.25, 0.3) is 5.91 Å². The van der Waals surface area contributed by atoms with Crippen LogP contribution in [0.15, 0.2) is 73.1 Å². The number of amides is 1. The summed E-state index contributed by atoms with van der Waals surface area (Å²) in [5, 5.41) is 16.7. The summed E-state index contributed by atoms with van der Waals surface area (Å²) in [5.74, 6) is 0.723. The van der Waals surface area contributed by atoms with Gasteiger partial charge in [-0.1, -0.05) is 49.7 Å². The highest BCUT2D eigenvalue weighted by Gasteiger charge is 2.27. The highest BCUT2D eigenvalue weighted by Crippen LogP contribution is 2.30. The number of benzene rings is 2. The van der Waals surface area contributed by atoms with Crippen molar-refractivity contribution in [1.29, 1.82) is 0 Å². The zero-order valence-corrected chi connectivity index (χ0v) is 25.0. The van der Waals surface area contributed by atoms with Gasteiger partial charge in [-0.25, -0.2) is 14.3 Å². The lowest BCUT2D eigenvalue weighted by atomic mass is 9.92. The van der Waals surface area contributed by atoms with E-state index in [1.165, 1.54) is 12.8 Å². The molecule has 0 bridgehead atoms. The Morgan fingerprint density at radius 3 is 2.43 bits per heavy atom. The quantitative estimate of drug-likeness (QED) is 0.252. The van der Waals surface area contributed by atoms with Crippen molar-refractivity contribution in [2.75, 3.05) is 17.3 Å². The molecule has 0 saturated heterocycles. The van der Waals surface area contributed by atoms with Crippen molar-refractivity contribution in [3.8, 4) is 22.6 Å². The Morgan fingerprint density at radius 2 is 1.76 bits per heavy atom. The summed E-state index contributed by atoms with van der Waals surface area (Å²) < 4.78 is 3.45. The van der Waals surface area contributed by atoms with Crippen LogP contribution < -0.4 is 10.2 Å². The smallest absolute Gasteiger partial charge is 0.274 e. The van der Waals surface area contributed by atoms with Crippen LogP contribution in [0.25, 0.3) is 22.6 Å². The first kappa shape index (κ1) is 27.4. The lowest BCUT2D eigenvalue weighted by Gasteiger charge is -2.16. The number of anilines is 2. The van der Waals surface area contributed by atoms with Gasteiger partial charge < -0.3 is 10.2 Å². The third kappa shape index (κ3) is 5.54. The minimum Gasteiger partial charge on any atom is -0.357 e. The monoisotopic (exact) mass is 560 g/mol.